The van der Waals surface area contributed by atoms with Crippen LogP contribution in [0.15, 0.2) is 54.6 Å². The number of hydrogen-bond acceptors (Lipinski definition) is 12. The number of thiazole rings is 1. The number of benzene rings is 1. The van der Waals surface area contributed by atoms with E-state index < -0.39 is 34.1 Å². The molecule has 1 N–H and O–H groups in total. The first-order valence-electron chi connectivity index (χ1n) is 24.4. The number of fused-ring (bicyclic) bond motifs is 7. The van der Waals surface area contributed by atoms with Gasteiger partial charge in [-0.15, -0.1) is 23.1 Å². The van der Waals surface area contributed by atoms with Crippen LogP contribution in [0.5, 0.6) is 0 Å². The molecule has 4 saturated heterocycles. The van der Waals surface area contributed by atoms with Crippen molar-refractivity contribution in [3.8, 4) is 22.5 Å². The molecule has 368 valence electrons. The molecule has 0 saturated carbocycles. The Balaban J connectivity index is 1.08. The maximum atomic E-state index is 15.3. The van der Waals surface area contributed by atoms with Crippen molar-refractivity contribution >= 4 is 63.6 Å². The maximum absolute atomic E-state index is 15.3. The van der Waals surface area contributed by atoms with Crippen LogP contribution in [0, 0.1) is 28.6 Å². The predicted octanol–water partition coefficient (Wildman–Crippen LogP) is 7.04. The van der Waals surface area contributed by atoms with Gasteiger partial charge in [-0.1, -0.05) is 40.3 Å². The largest absolute Gasteiger partial charge is 0.464 e. The van der Waals surface area contributed by atoms with Crippen LogP contribution in [0.2, 0.25) is 0 Å². The number of carbonyl (C=O) groups excluding carboxylic acids is 5. The number of nitrogens with one attached hydrogen (secondary N) is 1. The van der Waals surface area contributed by atoms with Crippen LogP contribution >= 0.6 is 23.1 Å². The van der Waals surface area contributed by atoms with E-state index in [2.05, 4.69) is 61.6 Å². The lowest BCUT2D eigenvalue weighted by Crippen LogP contribution is -2.67. The number of ether oxygens (including phenoxy) is 2. The van der Waals surface area contributed by atoms with Gasteiger partial charge in [0.25, 0.3) is 0 Å². The van der Waals surface area contributed by atoms with Gasteiger partial charge in [-0.3, -0.25) is 29.2 Å². The maximum Gasteiger partial charge on any atom is 0.324 e. The van der Waals surface area contributed by atoms with Gasteiger partial charge >= 0.3 is 12.0 Å². The van der Waals surface area contributed by atoms with Crippen molar-refractivity contribution in [3.05, 3.63) is 70.8 Å². The molecule has 1 unspecified atom stereocenters. The number of aromatic nitrogens is 3. The minimum Gasteiger partial charge on any atom is -0.464 e. The number of hydrazine groups is 1. The lowest BCUT2D eigenvalue weighted by Gasteiger charge is -2.51. The molecule has 0 aliphatic carbocycles. The number of methoxy groups -OCH3 is 1. The van der Waals surface area contributed by atoms with Crippen molar-refractivity contribution in [2.75, 3.05) is 59.2 Å². The Morgan fingerprint density at radius 2 is 1.81 bits per heavy atom. The highest BCUT2D eigenvalue weighted by Crippen LogP contribution is 2.52. The number of carbonyl (C=O) groups is 5. The van der Waals surface area contributed by atoms with Crippen LogP contribution in [0.1, 0.15) is 76.8 Å². The molecule has 4 amide bonds. The SMILES string of the molecule is C=CC(=O)N1C[C@@H]2CN(C(=O)N(C)[C@H](C(=O)C3SC[C@@]34Cc3nc(cs3)-c3ccc5c(c3)c(c(-c3cccnc3[C@H](C)OC)n5CC)CC(C)(C)COC(=O)[C@@H]3CCCN(N3)C4=O)C(C)C)C[C@@H]2C1. The van der Waals surface area contributed by atoms with Gasteiger partial charge in [0.05, 0.1) is 51.5 Å². The first kappa shape index (κ1) is 48.9. The van der Waals surface area contributed by atoms with Crippen LogP contribution in [-0.4, -0.2) is 140 Å². The summed E-state index contributed by atoms with van der Waals surface area (Å²) in [5, 5.41) is 4.60. The van der Waals surface area contributed by atoms with Gasteiger partial charge < -0.3 is 28.7 Å². The predicted molar refractivity (Wildman–Crippen MR) is 268 cm³/mol. The van der Waals surface area contributed by atoms with E-state index in [1.807, 2.05) is 37.1 Å². The lowest BCUT2D eigenvalue weighted by atomic mass is 9.76. The van der Waals surface area contributed by atoms with Gasteiger partial charge in [0.2, 0.25) is 11.8 Å². The molecule has 6 bridgehead atoms. The molecule has 8 heterocycles. The first-order chi connectivity index (χ1) is 33.0. The molecule has 9 rings (SSSR count). The number of thioether (sulfide) groups is 1. The monoisotopic (exact) mass is 978 g/mol. The molecular weight excluding hydrogens is 913 g/mol. The average Bonchev–Trinajstić information content (AvgIpc) is 4.13. The van der Waals surface area contributed by atoms with E-state index in [1.165, 1.54) is 29.2 Å². The number of urea groups is 1. The molecule has 7 atom stereocenters. The molecule has 0 radical (unpaired) electrons. The zero-order valence-corrected chi connectivity index (χ0v) is 42.8. The molecule has 1 aromatic carbocycles. The quantitative estimate of drug-likeness (QED) is 0.135. The fraction of sp³-hybridized carbons (Fsp3) is 0.558. The van der Waals surface area contributed by atoms with E-state index in [0.29, 0.717) is 64.3 Å². The molecule has 69 heavy (non-hydrogen) atoms. The summed E-state index contributed by atoms with van der Waals surface area (Å²) in [5.74, 6) is -0.512. The van der Waals surface area contributed by atoms with Gasteiger partial charge in [0, 0.05) is 116 Å². The molecular formula is C52H66N8O7S2. The second-order valence-corrected chi connectivity index (χ2v) is 22.9. The van der Waals surface area contributed by atoms with Crippen LogP contribution in [0.3, 0.4) is 0 Å². The molecule has 4 aromatic rings. The first-order valence-corrected chi connectivity index (χ1v) is 26.3. The second kappa shape index (κ2) is 19.2. The number of ketones is 1. The minimum atomic E-state index is -1.20. The Morgan fingerprint density at radius 3 is 2.48 bits per heavy atom. The number of rotatable bonds is 9. The number of nitrogens with zero attached hydrogens (tertiary/aromatic N) is 7. The highest BCUT2D eigenvalue weighted by atomic mass is 32.2. The van der Waals surface area contributed by atoms with Crippen LogP contribution in [0.4, 0.5) is 4.79 Å². The highest BCUT2D eigenvalue weighted by Gasteiger charge is 2.61. The third-order valence-corrected chi connectivity index (χ3v) is 17.7. The fourth-order valence-electron chi connectivity index (χ4n) is 11.6. The number of cyclic esters (lactones) is 1. The van der Waals surface area contributed by atoms with Gasteiger partial charge in [0.1, 0.15) is 6.04 Å². The van der Waals surface area contributed by atoms with E-state index in [1.54, 1.807) is 35.2 Å². The van der Waals surface area contributed by atoms with E-state index >= 15 is 9.59 Å². The Bertz CT molecular complexity index is 2670. The third kappa shape index (κ3) is 8.90. The molecule has 1 spiro atoms. The van der Waals surface area contributed by atoms with Crippen molar-refractivity contribution in [2.24, 2.45) is 28.6 Å². The summed E-state index contributed by atoms with van der Waals surface area (Å²) in [6.07, 6.45) is 4.74. The van der Waals surface area contributed by atoms with Gasteiger partial charge in [-0.2, -0.15) is 0 Å². The standard InChI is InChI=1S/C52H66N8O7S2/c1-10-42(61)57-23-33-25-58(26-34(33)24-57)50(65)56(8)44(30(3)4)46(62)47-52(29-69-47)22-41-54-39(27-68-41)32-16-17-40-36(20-32)37(45(59(40)11-2)35-14-12-18-53-43(35)31(5)66-9)21-51(6,7)28-67-48(63)38-15-13-19-60(55-38)49(52)64/h10,12,14,16-18,20,27,30-31,33-34,38,44,47,55H,1,11,13,15,19,21-26,28-29H2,2-9H3/t31-,33-,34+,38-,44-,47?,52-/m0/s1. The Hall–Kier alpha value is -5.10. The van der Waals surface area contributed by atoms with Gasteiger partial charge in [-0.05, 0) is 74.9 Å². The summed E-state index contributed by atoms with van der Waals surface area (Å²) in [5.41, 5.74) is 8.33. The fourth-order valence-corrected chi connectivity index (χ4v) is 13.9. The Morgan fingerprint density at radius 1 is 1.07 bits per heavy atom. The molecule has 5 aliphatic heterocycles. The number of aryl methyl sites for hydroxylation is 1. The summed E-state index contributed by atoms with van der Waals surface area (Å²) in [6, 6.07) is 8.73. The number of likely N-dealkylation sites (N-methyl/N-ethyl adjacent to an activating group) is 1. The van der Waals surface area contributed by atoms with Crippen LogP contribution < -0.4 is 5.43 Å². The second-order valence-electron chi connectivity index (χ2n) is 20.9. The Kier molecular flexibility index (Phi) is 13.6. The number of likely N-dealkylation sites (tertiary alicyclic amines) is 2. The van der Waals surface area contributed by atoms with Crippen molar-refractivity contribution in [1.29, 1.82) is 0 Å². The average molecular weight is 979 g/mol. The molecule has 3 aromatic heterocycles. The summed E-state index contributed by atoms with van der Waals surface area (Å²) in [6.45, 7) is 19.3. The minimum absolute atomic E-state index is 0.0976. The van der Waals surface area contributed by atoms with E-state index in [4.69, 9.17) is 19.4 Å². The zero-order chi connectivity index (χ0) is 49.1. The van der Waals surface area contributed by atoms with E-state index in [0.717, 1.165) is 49.7 Å². The summed E-state index contributed by atoms with van der Waals surface area (Å²) >= 11 is 2.92. The Labute approximate surface area is 413 Å². The number of pyridine rings is 1. The topological polar surface area (TPSA) is 160 Å². The van der Waals surface area contributed by atoms with Gasteiger partial charge in [0.15, 0.2) is 5.78 Å². The van der Waals surface area contributed by atoms with Crippen LogP contribution in [0.25, 0.3) is 33.4 Å². The normalized spacial score (nSPS) is 25.6. The molecule has 4 fully saturated rings. The van der Waals surface area contributed by atoms with E-state index in [9.17, 15) is 14.4 Å². The third-order valence-electron chi connectivity index (χ3n) is 15.2. The van der Waals surface area contributed by atoms with E-state index in [-0.39, 0.29) is 60.5 Å². The van der Waals surface area contributed by atoms with Crippen molar-refractivity contribution in [1.82, 2.24) is 39.7 Å². The van der Waals surface area contributed by atoms with Gasteiger partial charge in [-0.25, -0.2) is 15.2 Å². The summed E-state index contributed by atoms with van der Waals surface area (Å²) < 4.78 is 14.4. The lowest BCUT2D eigenvalue weighted by molar-refractivity contribution is -0.158. The number of amides is 4. The molecule has 5 aliphatic rings. The molecule has 17 heteroatoms. The van der Waals surface area contributed by atoms with Crippen molar-refractivity contribution < 1.29 is 33.4 Å². The molecule has 15 nitrogen and oxygen atoms in total. The summed E-state index contributed by atoms with van der Waals surface area (Å²) in [4.78, 5) is 86.5. The zero-order valence-electron chi connectivity index (χ0n) is 41.2. The number of esters is 1. The summed E-state index contributed by atoms with van der Waals surface area (Å²) in [7, 11) is 3.39. The number of hydrogen-bond donors (Lipinski definition) is 1. The smallest absolute Gasteiger partial charge is 0.324 e. The van der Waals surface area contributed by atoms with Crippen molar-refractivity contribution in [3.63, 3.8) is 0 Å². The number of Topliss-reactive ketones (excluding diaryl/α,β-unsaturated/α-hetero) is 1. The van der Waals surface area contributed by atoms with Crippen molar-refractivity contribution in [2.45, 2.75) is 97.2 Å². The highest BCUT2D eigenvalue weighted by molar-refractivity contribution is 8.02. The van der Waals surface area contributed by atoms with Crippen LogP contribution in [-0.2, 0) is 48.0 Å².